The number of ether oxygens (including phenoxy) is 2. The Kier molecular flexibility index (Phi) is 5.94. The Balaban J connectivity index is 1.44. The van der Waals surface area contributed by atoms with Crippen molar-refractivity contribution >= 4 is 5.78 Å². The lowest BCUT2D eigenvalue weighted by molar-refractivity contribution is 0.0879. The van der Waals surface area contributed by atoms with Crippen LogP contribution in [0.15, 0.2) is 34.9 Å². The minimum Gasteiger partial charge on any atom is -0.381 e. The van der Waals surface area contributed by atoms with E-state index < -0.39 is 0 Å². The number of nitriles is 1. The van der Waals surface area contributed by atoms with Gasteiger partial charge >= 0.3 is 0 Å². The van der Waals surface area contributed by atoms with Crippen molar-refractivity contribution in [2.45, 2.75) is 32.5 Å². The van der Waals surface area contributed by atoms with E-state index in [1.165, 1.54) is 0 Å². The van der Waals surface area contributed by atoms with Gasteiger partial charge < -0.3 is 14.0 Å². The number of ketones is 1. The standard InChI is InChI=1S/C19H20N2O4/c20-10-15-2-1-3-16(8-15)12-24-13-17-9-18(21-25-17)19(22)5-4-14-6-7-23-11-14/h1-3,8-9,14H,4-7,11-13H2. The monoisotopic (exact) mass is 340 g/mol. The van der Waals surface area contributed by atoms with Crippen LogP contribution in [0.2, 0.25) is 0 Å². The lowest BCUT2D eigenvalue weighted by Gasteiger charge is -2.04. The van der Waals surface area contributed by atoms with E-state index in [9.17, 15) is 4.79 Å². The molecule has 1 aromatic heterocycles. The topological polar surface area (TPSA) is 85.3 Å². The van der Waals surface area contributed by atoms with Gasteiger partial charge in [-0.15, -0.1) is 0 Å². The Morgan fingerprint density at radius 2 is 2.28 bits per heavy atom. The predicted octanol–water partition coefficient (Wildman–Crippen LogP) is 3.26. The van der Waals surface area contributed by atoms with Crippen molar-refractivity contribution in [1.82, 2.24) is 5.16 Å². The molecule has 0 saturated carbocycles. The van der Waals surface area contributed by atoms with Gasteiger partial charge in [0.25, 0.3) is 0 Å². The number of carbonyl (C=O) groups excluding carboxylic acids is 1. The zero-order chi connectivity index (χ0) is 17.5. The molecule has 1 aromatic carbocycles. The minimum absolute atomic E-state index is 0.0105. The van der Waals surface area contributed by atoms with Crippen LogP contribution in [-0.2, 0) is 22.7 Å². The molecule has 2 aromatic rings. The number of carbonyl (C=O) groups is 1. The summed E-state index contributed by atoms with van der Waals surface area (Å²) in [5, 5.41) is 12.7. The molecule has 0 amide bonds. The third-order valence-electron chi connectivity index (χ3n) is 4.22. The van der Waals surface area contributed by atoms with Crippen molar-refractivity contribution < 1.29 is 18.8 Å². The van der Waals surface area contributed by atoms with Gasteiger partial charge in [0.05, 0.1) is 18.2 Å². The third kappa shape index (κ3) is 4.99. The highest BCUT2D eigenvalue weighted by Gasteiger charge is 2.19. The van der Waals surface area contributed by atoms with Crippen molar-refractivity contribution in [2.24, 2.45) is 5.92 Å². The second-order valence-corrected chi connectivity index (χ2v) is 6.17. The summed E-state index contributed by atoms with van der Waals surface area (Å²) in [5.41, 5.74) is 1.86. The molecule has 1 aliphatic heterocycles. The number of aromatic nitrogens is 1. The fraction of sp³-hybridized carbons (Fsp3) is 0.421. The van der Waals surface area contributed by atoms with E-state index in [1.54, 1.807) is 18.2 Å². The molecule has 0 aliphatic carbocycles. The second-order valence-electron chi connectivity index (χ2n) is 6.17. The highest BCUT2D eigenvalue weighted by atomic mass is 16.5. The summed E-state index contributed by atoms with van der Waals surface area (Å²) in [7, 11) is 0. The zero-order valence-electron chi connectivity index (χ0n) is 13.9. The van der Waals surface area contributed by atoms with Gasteiger partial charge in [-0.25, -0.2) is 0 Å². The Labute approximate surface area is 146 Å². The zero-order valence-corrected chi connectivity index (χ0v) is 13.9. The lowest BCUT2D eigenvalue weighted by atomic mass is 10.00. The van der Waals surface area contributed by atoms with Crippen molar-refractivity contribution in [2.75, 3.05) is 13.2 Å². The summed E-state index contributed by atoms with van der Waals surface area (Å²) < 4.78 is 16.1. The fourth-order valence-corrected chi connectivity index (χ4v) is 2.79. The van der Waals surface area contributed by atoms with E-state index in [4.69, 9.17) is 19.3 Å². The van der Waals surface area contributed by atoms with Crippen LogP contribution >= 0.6 is 0 Å². The lowest BCUT2D eigenvalue weighted by Crippen LogP contribution is -2.05. The summed E-state index contributed by atoms with van der Waals surface area (Å²) in [5.74, 6) is 0.982. The van der Waals surface area contributed by atoms with Crippen LogP contribution in [0.3, 0.4) is 0 Å². The number of Topliss-reactive ketones (excluding diaryl/α,β-unsaturated/α-hetero) is 1. The SMILES string of the molecule is N#Cc1cccc(COCc2cc(C(=O)CCC3CCOC3)no2)c1. The molecular formula is C19H20N2O4. The van der Waals surface area contributed by atoms with E-state index in [2.05, 4.69) is 11.2 Å². The molecule has 0 bridgehead atoms. The molecular weight excluding hydrogens is 320 g/mol. The Morgan fingerprint density at radius 3 is 3.08 bits per heavy atom. The van der Waals surface area contributed by atoms with Gasteiger partial charge in [0.2, 0.25) is 0 Å². The number of hydrogen-bond acceptors (Lipinski definition) is 6. The molecule has 0 spiro atoms. The molecule has 2 heterocycles. The van der Waals surface area contributed by atoms with Gasteiger partial charge in [0, 0.05) is 25.7 Å². The molecule has 6 heteroatoms. The normalized spacial score (nSPS) is 16.7. The molecule has 25 heavy (non-hydrogen) atoms. The van der Waals surface area contributed by atoms with E-state index in [1.807, 2.05) is 12.1 Å². The molecule has 0 N–H and O–H groups in total. The Bertz CT molecular complexity index is 757. The highest BCUT2D eigenvalue weighted by molar-refractivity contribution is 5.94. The van der Waals surface area contributed by atoms with Crippen molar-refractivity contribution in [3.63, 3.8) is 0 Å². The van der Waals surface area contributed by atoms with E-state index in [-0.39, 0.29) is 12.4 Å². The maximum atomic E-state index is 12.1. The van der Waals surface area contributed by atoms with E-state index >= 15 is 0 Å². The molecule has 1 saturated heterocycles. The highest BCUT2D eigenvalue weighted by Crippen LogP contribution is 2.19. The van der Waals surface area contributed by atoms with Crippen molar-refractivity contribution in [3.8, 4) is 6.07 Å². The Hall–Kier alpha value is -2.49. The van der Waals surface area contributed by atoms with Crippen molar-refractivity contribution in [1.29, 1.82) is 5.26 Å². The van der Waals surface area contributed by atoms with Crippen LogP contribution in [0.25, 0.3) is 0 Å². The first kappa shape index (κ1) is 17.3. The van der Waals surface area contributed by atoms with Crippen molar-refractivity contribution in [3.05, 3.63) is 52.9 Å². The van der Waals surface area contributed by atoms with Gasteiger partial charge in [0.1, 0.15) is 12.3 Å². The number of hydrogen-bond donors (Lipinski definition) is 0. The first-order valence-corrected chi connectivity index (χ1v) is 8.38. The van der Waals surface area contributed by atoms with Crippen LogP contribution in [0.4, 0.5) is 0 Å². The molecule has 3 rings (SSSR count). The smallest absolute Gasteiger partial charge is 0.184 e. The Morgan fingerprint density at radius 1 is 1.36 bits per heavy atom. The second kappa shape index (κ2) is 8.56. The summed E-state index contributed by atoms with van der Waals surface area (Å²) in [6, 6.07) is 11.0. The summed E-state index contributed by atoms with van der Waals surface area (Å²) in [4.78, 5) is 12.1. The van der Waals surface area contributed by atoms with Crippen LogP contribution in [0, 0.1) is 17.2 Å². The molecule has 0 radical (unpaired) electrons. The van der Waals surface area contributed by atoms with E-state index in [0.717, 1.165) is 31.6 Å². The van der Waals surface area contributed by atoms with Gasteiger partial charge in [-0.2, -0.15) is 5.26 Å². The quantitative estimate of drug-likeness (QED) is 0.686. The van der Waals surface area contributed by atoms with Crippen LogP contribution in [0.1, 0.15) is 46.6 Å². The van der Waals surface area contributed by atoms with Gasteiger partial charge in [0.15, 0.2) is 11.5 Å². The minimum atomic E-state index is -0.0105. The maximum Gasteiger partial charge on any atom is 0.184 e. The summed E-state index contributed by atoms with van der Waals surface area (Å²) in [6.45, 7) is 2.13. The van der Waals surface area contributed by atoms with Gasteiger partial charge in [-0.05, 0) is 36.5 Å². The van der Waals surface area contributed by atoms with Crippen LogP contribution < -0.4 is 0 Å². The molecule has 1 unspecified atom stereocenters. The average molecular weight is 340 g/mol. The molecule has 1 aliphatic rings. The number of rotatable bonds is 8. The molecule has 1 atom stereocenters. The molecule has 130 valence electrons. The van der Waals surface area contributed by atoms with Crippen LogP contribution in [0.5, 0.6) is 0 Å². The van der Waals surface area contributed by atoms with Crippen LogP contribution in [-0.4, -0.2) is 24.2 Å². The summed E-state index contributed by atoms with van der Waals surface area (Å²) >= 11 is 0. The maximum absolute atomic E-state index is 12.1. The largest absolute Gasteiger partial charge is 0.381 e. The average Bonchev–Trinajstić information content (AvgIpc) is 3.32. The third-order valence-corrected chi connectivity index (χ3v) is 4.22. The predicted molar refractivity (Wildman–Crippen MR) is 88.6 cm³/mol. The van der Waals surface area contributed by atoms with Gasteiger partial charge in [-0.1, -0.05) is 17.3 Å². The van der Waals surface area contributed by atoms with Gasteiger partial charge in [-0.3, -0.25) is 4.79 Å². The first-order chi connectivity index (χ1) is 12.2. The fourth-order valence-electron chi connectivity index (χ4n) is 2.79. The molecule has 1 fully saturated rings. The first-order valence-electron chi connectivity index (χ1n) is 8.38. The summed E-state index contributed by atoms with van der Waals surface area (Å²) in [6.07, 6.45) is 2.31. The number of nitrogens with zero attached hydrogens (tertiary/aromatic N) is 2. The van der Waals surface area contributed by atoms with E-state index in [0.29, 0.717) is 36.0 Å². The number of benzene rings is 1. The molecule has 6 nitrogen and oxygen atoms in total.